The zero-order valence-electron chi connectivity index (χ0n) is 13.8. The van der Waals surface area contributed by atoms with Gasteiger partial charge in [-0.2, -0.15) is 4.31 Å². The van der Waals surface area contributed by atoms with Gasteiger partial charge in [0.1, 0.15) is 6.04 Å². The molecule has 1 unspecified atom stereocenters. The lowest BCUT2D eigenvalue weighted by Gasteiger charge is -2.31. The summed E-state index contributed by atoms with van der Waals surface area (Å²) < 4.78 is 27.4. The van der Waals surface area contributed by atoms with Gasteiger partial charge in [-0.25, -0.2) is 13.4 Å². The van der Waals surface area contributed by atoms with Crippen molar-refractivity contribution in [3.05, 3.63) is 39.8 Å². The van der Waals surface area contributed by atoms with E-state index in [0.29, 0.717) is 36.0 Å². The van der Waals surface area contributed by atoms with Crippen LogP contribution in [0.5, 0.6) is 0 Å². The summed E-state index contributed by atoms with van der Waals surface area (Å²) in [6.45, 7) is 0.686. The Morgan fingerprint density at radius 1 is 1.42 bits per heavy atom. The summed E-state index contributed by atoms with van der Waals surface area (Å²) in [7, 11) is -3.88. The molecule has 0 aliphatic carbocycles. The zero-order chi connectivity index (χ0) is 18.7. The fourth-order valence-electron chi connectivity index (χ4n) is 2.90. The molecule has 2 aromatic rings. The van der Waals surface area contributed by atoms with Crippen molar-refractivity contribution < 1.29 is 18.3 Å². The summed E-state index contributed by atoms with van der Waals surface area (Å²) in [5, 5.41) is 12.5. The third kappa shape index (κ3) is 4.17. The molecular weight excluding hydrogens is 398 g/mol. The smallest absolute Gasteiger partial charge is 0.322 e. The van der Waals surface area contributed by atoms with Gasteiger partial charge in [0.25, 0.3) is 0 Å². The second-order valence-electron chi connectivity index (χ2n) is 5.93. The zero-order valence-corrected chi connectivity index (χ0v) is 16.1. The summed E-state index contributed by atoms with van der Waals surface area (Å²) in [6.07, 6.45) is 3.36. The van der Waals surface area contributed by atoms with E-state index >= 15 is 0 Å². The van der Waals surface area contributed by atoms with Crippen LogP contribution in [0, 0.1) is 0 Å². The van der Waals surface area contributed by atoms with Crippen LogP contribution < -0.4 is 5.32 Å². The molecule has 1 fully saturated rings. The Balaban J connectivity index is 1.80. The third-order valence-corrected chi connectivity index (χ3v) is 7.19. The van der Waals surface area contributed by atoms with Crippen LogP contribution in [0.3, 0.4) is 0 Å². The van der Waals surface area contributed by atoms with Gasteiger partial charge in [0, 0.05) is 23.3 Å². The van der Waals surface area contributed by atoms with E-state index in [0.717, 1.165) is 9.18 Å². The lowest BCUT2D eigenvalue weighted by atomic mass is 10.1. The molecule has 1 aromatic heterocycles. The van der Waals surface area contributed by atoms with Crippen molar-refractivity contribution in [2.75, 3.05) is 11.9 Å². The predicted octanol–water partition coefficient (Wildman–Crippen LogP) is 3.04. The average Bonchev–Trinajstić information content (AvgIpc) is 3.05. The highest BCUT2D eigenvalue weighted by atomic mass is 35.5. The third-order valence-electron chi connectivity index (χ3n) is 4.17. The van der Waals surface area contributed by atoms with Gasteiger partial charge in [0.05, 0.1) is 11.4 Å². The summed E-state index contributed by atoms with van der Waals surface area (Å²) in [4.78, 5) is 16.4. The maximum atomic E-state index is 12.9. The number of nitrogens with one attached hydrogen (secondary N) is 1. The van der Waals surface area contributed by atoms with Crippen LogP contribution >= 0.6 is 22.9 Å². The number of piperidine rings is 1. The molecule has 0 radical (unpaired) electrons. The number of anilines is 1. The van der Waals surface area contributed by atoms with Crippen LogP contribution in [0.4, 0.5) is 5.69 Å². The number of carbonyl (C=O) groups is 1. The minimum atomic E-state index is -3.88. The van der Waals surface area contributed by atoms with Crippen molar-refractivity contribution in [2.24, 2.45) is 0 Å². The summed E-state index contributed by atoms with van der Waals surface area (Å²) >= 11 is 7.14. The molecule has 2 heterocycles. The molecule has 2 N–H and O–H groups in total. The molecule has 10 heteroatoms. The maximum Gasteiger partial charge on any atom is 0.322 e. The monoisotopic (exact) mass is 415 g/mol. The number of benzene rings is 1. The van der Waals surface area contributed by atoms with Gasteiger partial charge in [-0.15, -0.1) is 11.3 Å². The molecule has 0 amide bonds. The number of hydrogen-bond donors (Lipinski definition) is 2. The molecule has 3 rings (SSSR count). The normalized spacial score (nSPS) is 18.6. The van der Waals surface area contributed by atoms with Crippen molar-refractivity contribution in [3.8, 4) is 0 Å². The molecule has 1 aliphatic heterocycles. The Hall–Kier alpha value is -1.68. The highest BCUT2D eigenvalue weighted by Crippen LogP contribution is 2.27. The SMILES string of the molecule is O=C(O)C1CCCCN1S(=O)(=O)c1cccc(NCc2cnc(Cl)s2)c1. The molecule has 7 nitrogen and oxygen atoms in total. The Morgan fingerprint density at radius 3 is 2.92 bits per heavy atom. The number of nitrogens with zero attached hydrogens (tertiary/aromatic N) is 2. The number of carboxylic acids is 1. The molecular formula is C16H18ClN3O4S2. The first-order chi connectivity index (χ1) is 12.4. The number of rotatable bonds is 6. The highest BCUT2D eigenvalue weighted by Gasteiger charge is 2.37. The Kier molecular flexibility index (Phi) is 5.81. The van der Waals surface area contributed by atoms with E-state index in [1.807, 2.05) is 0 Å². The second-order valence-corrected chi connectivity index (χ2v) is 9.51. The summed E-state index contributed by atoms with van der Waals surface area (Å²) in [5.74, 6) is -1.11. The van der Waals surface area contributed by atoms with Crippen LogP contribution in [-0.2, 0) is 21.4 Å². The Morgan fingerprint density at radius 2 is 2.23 bits per heavy atom. The number of aromatic nitrogens is 1. The van der Waals surface area contributed by atoms with Gasteiger partial charge in [0.2, 0.25) is 10.0 Å². The fraction of sp³-hybridized carbons (Fsp3) is 0.375. The fourth-order valence-corrected chi connectivity index (χ4v) is 5.51. The van der Waals surface area contributed by atoms with Gasteiger partial charge in [0.15, 0.2) is 4.47 Å². The average molecular weight is 416 g/mol. The van der Waals surface area contributed by atoms with E-state index in [4.69, 9.17) is 11.6 Å². The first-order valence-electron chi connectivity index (χ1n) is 8.07. The molecule has 140 valence electrons. The number of thiazole rings is 1. The van der Waals surface area contributed by atoms with Crippen LogP contribution in [0.1, 0.15) is 24.1 Å². The van der Waals surface area contributed by atoms with Crippen LogP contribution in [0.15, 0.2) is 35.4 Å². The summed E-state index contributed by atoms with van der Waals surface area (Å²) in [5.41, 5.74) is 0.625. The van der Waals surface area contributed by atoms with Crippen LogP contribution in [0.25, 0.3) is 0 Å². The van der Waals surface area contributed by atoms with Gasteiger partial charge >= 0.3 is 5.97 Å². The van der Waals surface area contributed by atoms with Gasteiger partial charge in [-0.1, -0.05) is 17.7 Å². The minimum Gasteiger partial charge on any atom is -0.480 e. The maximum absolute atomic E-state index is 12.9. The number of halogens is 1. The van der Waals surface area contributed by atoms with E-state index < -0.39 is 22.0 Å². The quantitative estimate of drug-likeness (QED) is 0.752. The van der Waals surface area contributed by atoms with Crippen molar-refractivity contribution in [1.82, 2.24) is 9.29 Å². The molecule has 0 spiro atoms. The topological polar surface area (TPSA) is 99.6 Å². The van der Waals surface area contributed by atoms with Gasteiger partial charge < -0.3 is 10.4 Å². The van der Waals surface area contributed by atoms with Crippen LogP contribution in [0.2, 0.25) is 4.47 Å². The van der Waals surface area contributed by atoms with Crippen molar-refractivity contribution in [2.45, 2.75) is 36.7 Å². The molecule has 1 aromatic carbocycles. The Labute approximate surface area is 160 Å². The highest BCUT2D eigenvalue weighted by molar-refractivity contribution is 7.89. The second kappa shape index (κ2) is 7.91. The van der Waals surface area contributed by atoms with E-state index in [-0.39, 0.29) is 11.4 Å². The minimum absolute atomic E-state index is 0.0815. The number of aliphatic carboxylic acids is 1. The van der Waals surface area contributed by atoms with Gasteiger partial charge in [-0.05, 0) is 37.5 Å². The molecule has 26 heavy (non-hydrogen) atoms. The first kappa shape index (κ1) is 19.1. The van der Waals surface area contributed by atoms with E-state index in [1.54, 1.807) is 18.3 Å². The Bertz CT molecular complexity index is 900. The lowest BCUT2D eigenvalue weighted by molar-refractivity contribution is -0.142. The van der Waals surface area contributed by atoms with Gasteiger partial charge in [-0.3, -0.25) is 4.79 Å². The molecule has 1 atom stereocenters. The van der Waals surface area contributed by atoms with E-state index in [1.165, 1.54) is 23.5 Å². The van der Waals surface area contributed by atoms with Crippen molar-refractivity contribution in [3.63, 3.8) is 0 Å². The molecule has 0 bridgehead atoms. The van der Waals surface area contributed by atoms with E-state index in [2.05, 4.69) is 10.3 Å². The standard InChI is InChI=1S/C16H18ClN3O4S2/c17-16-19-10-12(25-16)9-18-11-4-3-5-13(8-11)26(23,24)20-7-2-1-6-14(20)15(21)22/h3-5,8,10,14,18H,1-2,6-7,9H2,(H,21,22). The number of hydrogen-bond acceptors (Lipinski definition) is 6. The van der Waals surface area contributed by atoms with E-state index in [9.17, 15) is 18.3 Å². The number of sulfonamides is 1. The first-order valence-corrected chi connectivity index (χ1v) is 10.7. The molecule has 0 saturated carbocycles. The predicted molar refractivity (Wildman–Crippen MR) is 100 cm³/mol. The van der Waals surface area contributed by atoms with Crippen molar-refractivity contribution in [1.29, 1.82) is 0 Å². The molecule has 1 saturated heterocycles. The number of carboxylic acid groups (broad SMARTS) is 1. The lowest BCUT2D eigenvalue weighted by Crippen LogP contribution is -2.47. The largest absolute Gasteiger partial charge is 0.480 e. The van der Waals surface area contributed by atoms with Crippen LogP contribution in [-0.4, -0.2) is 41.4 Å². The summed E-state index contributed by atoms with van der Waals surface area (Å²) in [6, 6.07) is 5.38. The molecule has 1 aliphatic rings. The van der Waals surface area contributed by atoms with Crippen molar-refractivity contribution >= 4 is 44.6 Å².